The molecule has 28 heavy (non-hydrogen) atoms. The number of hydrogen-bond donors (Lipinski definition) is 1. The minimum atomic E-state index is -0.416. The molecular weight excluding hydrogens is 358 g/mol. The van der Waals surface area contributed by atoms with Gasteiger partial charge in [-0.2, -0.15) is 0 Å². The Balaban J connectivity index is 1.28. The molecule has 1 unspecified atom stereocenters. The van der Waals surface area contributed by atoms with Gasteiger partial charge in [-0.05, 0) is 44.4 Å². The minimum Gasteiger partial charge on any atom is -0.468 e. The number of rotatable bonds is 6. The van der Waals surface area contributed by atoms with Crippen molar-refractivity contribution in [2.75, 3.05) is 39.9 Å². The molecule has 4 rings (SSSR count). The highest BCUT2D eigenvalue weighted by atomic mass is 16.5. The Labute approximate surface area is 168 Å². The maximum Gasteiger partial charge on any atom is 0.325 e. The molecule has 4 fully saturated rings. The van der Waals surface area contributed by atoms with Crippen LogP contribution in [0.25, 0.3) is 0 Å². The lowest BCUT2D eigenvalue weighted by atomic mass is 9.69. The maximum absolute atomic E-state index is 12.3. The highest BCUT2D eigenvalue weighted by molar-refractivity contribution is 5.80. The molecule has 2 aliphatic carbocycles. The second-order valence-electron chi connectivity index (χ2n) is 9.04. The average molecular weight is 394 g/mol. The summed E-state index contributed by atoms with van der Waals surface area (Å²) in [6.45, 7) is 3.45. The van der Waals surface area contributed by atoms with E-state index < -0.39 is 5.97 Å². The lowest BCUT2D eigenvalue weighted by Gasteiger charge is -2.63. The molecule has 7 heteroatoms. The lowest BCUT2D eigenvalue weighted by molar-refractivity contribution is -0.202. The van der Waals surface area contributed by atoms with Gasteiger partial charge in [0.05, 0.1) is 13.2 Å². The van der Waals surface area contributed by atoms with E-state index in [1.54, 1.807) is 0 Å². The van der Waals surface area contributed by atoms with Crippen LogP contribution in [0.5, 0.6) is 0 Å². The summed E-state index contributed by atoms with van der Waals surface area (Å²) in [6, 6.07) is 0.383. The molecule has 0 radical (unpaired) electrons. The first-order chi connectivity index (χ1) is 13.6. The van der Waals surface area contributed by atoms with Crippen LogP contribution in [0.4, 0.5) is 4.79 Å². The van der Waals surface area contributed by atoms with E-state index in [2.05, 4.69) is 15.0 Å². The highest BCUT2D eigenvalue weighted by Gasteiger charge is 2.56. The molecule has 4 aliphatic rings. The van der Waals surface area contributed by atoms with Crippen LogP contribution in [0.3, 0.4) is 0 Å². The van der Waals surface area contributed by atoms with Gasteiger partial charge in [0, 0.05) is 37.8 Å². The van der Waals surface area contributed by atoms with Crippen molar-refractivity contribution in [1.29, 1.82) is 0 Å². The molecule has 2 saturated carbocycles. The zero-order valence-electron chi connectivity index (χ0n) is 17.2. The topological polar surface area (TPSA) is 71.1 Å². The van der Waals surface area contributed by atoms with Gasteiger partial charge in [0.1, 0.15) is 6.54 Å². The smallest absolute Gasteiger partial charge is 0.325 e. The summed E-state index contributed by atoms with van der Waals surface area (Å²) in [5.41, 5.74) is 0.257. The number of urea groups is 1. The number of ether oxygens (including phenoxy) is 2. The van der Waals surface area contributed by atoms with E-state index in [0.717, 1.165) is 45.0 Å². The van der Waals surface area contributed by atoms with E-state index in [-0.39, 0.29) is 18.1 Å². The monoisotopic (exact) mass is 393 g/mol. The number of nitrogens with one attached hydrogen (secondary N) is 1. The fourth-order valence-corrected chi connectivity index (χ4v) is 5.35. The van der Waals surface area contributed by atoms with Crippen molar-refractivity contribution in [2.24, 2.45) is 5.92 Å². The third kappa shape index (κ3) is 4.15. The van der Waals surface area contributed by atoms with Crippen molar-refractivity contribution in [1.82, 2.24) is 15.1 Å². The molecule has 1 N–H and O–H groups in total. The molecule has 2 saturated heterocycles. The number of nitrogens with zero attached hydrogens (tertiary/aromatic N) is 2. The predicted octanol–water partition coefficient (Wildman–Crippen LogP) is 2.15. The van der Waals surface area contributed by atoms with Gasteiger partial charge in [0.25, 0.3) is 0 Å². The SMILES string of the molecule is COC(=O)CNC(=O)N1CCC(N2CC(OCC3CC3)C23CCCCC3)CC1. The summed E-state index contributed by atoms with van der Waals surface area (Å²) < 4.78 is 11.0. The van der Waals surface area contributed by atoms with Gasteiger partial charge >= 0.3 is 12.0 Å². The summed E-state index contributed by atoms with van der Waals surface area (Å²) in [5.74, 6) is 0.404. The first kappa shape index (κ1) is 20.0. The van der Waals surface area contributed by atoms with E-state index in [9.17, 15) is 9.59 Å². The van der Waals surface area contributed by atoms with Crippen LogP contribution < -0.4 is 5.32 Å². The molecule has 0 bridgehead atoms. The second-order valence-corrected chi connectivity index (χ2v) is 9.04. The number of amides is 2. The summed E-state index contributed by atoms with van der Waals surface area (Å²) in [5, 5.41) is 2.65. The van der Waals surface area contributed by atoms with Crippen LogP contribution in [0.1, 0.15) is 57.8 Å². The van der Waals surface area contributed by atoms with Crippen molar-refractivity contribution in [3.63, 3.8) is 0 Å². The summed E-state index contributed by atoms with van der Waals surface area (Å²) >= 11 is 0. The Hall–Kier alpha value is -1.34. The van der Waals surface area contributed by atoms with Crippen molar-refractivity contribution in [2.45, 2.75) is 75.5 Å². The Morgan fingerprint density at radius 1 is 1.07 bits per heavy atom. The van der Waals surface area contributed by atoms with Crippen LogP contribution in [0.2, 0.25) is 0 Å². The van der Waals surface area contributed by atoms with Crippen molar-refractivity contribution >= 4 is 12.0 Å². The number of hydrogen-bond acceptors (Lipinski definition) is 5. The van der Waals surface area contributed by atoms with Crippen molar-refractivity contribution in [3.05, 3.63) is 0 Å². The summed E-state index contributed by atoms with van der Waals surface area (Å²) in [4.78, 5) is 28.0. The first-order valence-electron chi connectivity index (χ1n) is 11.1. The van der Waals surface area contributed by atoms with E-state index in [1.165, 1.54) is 52.1 Å². The molecule has 0 aromatic carbocycles. The minimum absolute atomic E-state index is 0.0650. The van der Waals surface area contributed by atoms with Crippen LogP contribution in [0, 0.1) is 5.92 Å². The van der Waals surface area contributed by atoms with Gasteiger partial charge < -0.3 is 19.7 Å². The Kier molecular flexibility index (Phi) is 6.11. The van der Waals surface area contributed by atoms with Gasteiger partial charge in [-0.3, -0.25) is 9.69 Å². The molecule has 158 valence electrons. The zero-order chi connectivity index (χ0) is 19.6. The van der Waals surface area contributed by atoms with Crippen LogP contribution in [-0.2, 0) is 14.3 Å². The highest BCUT2D eigenvalue weighted by Crippen LogP contribution is 2.48. The number of esters is 1. The first-order valence-corrected chi connectivity index (χ1v) is 11.1. The van der Waals surface area contributed by atoms with Gasteiger partial charge in [-0.25, -0.2) is 4.79 Å². The van der Waals surface area contributed by atoms with Gasteiger partial charge in [0.15, 0.2) is 0 Å². The van der Waals surface area contributed by atoms with Crippen molar-refractivity contribution < 1.29 is 19.1 Å². The van der Waals surface area contributed by atoms with Gasteiger partial charge in [-0.1, -0.05) is 19.3 Å². The van der Waals surface area contributed by atoms with Crippen LogP contribution in [-0.4, -0.2) is 79.4 Å². The van der Waals surface area contributed by atoms with E-state index in [1.807, 2.05) is 4.90 Å². The molecule has 2 heterocycles. The fourth-order valence-electron chi connectivity index (χ4n) is 5.35. The normalized spacial score (nSPS) is 28.0. The zero-order valence-corrected chi connectivity index (χ0v) is 17.2. The number of carbonyl (C=O) groups excluding carboxylic acids is 2. The number of piperidine rings is 1. The number of carbonyl (C=O) groups is 2. The molecule has 1 spiro atoms. The molecule has 2 amide bonds. The fraction of sp³-hybridized carbons (Fsp3) is 0.905. The summed E-state index contributed by atoms with van der Waals surface area (Å²) in [6.07, 6.45) is 11.6. The Morgan fingerprint density at radius 2 is 1.79 bits per heavy atom. The Bertz CT molecular complexity index is 566. The average Bonchev–Trinajstić information content (AvgIpc) is 3.56. The largest absolute Gasteiger partial charge is 0.468 e. The number of methoxy groups -OCH3 is 1. The lowest BCUT2D eigenvalue weighted by Crippen LogP contribution is -2.75. The molecule has 0 aromatic rings. The van der Waals surface area contributed by atoms with Crippen molar-refractivity contribution in [3.8, 4) is 0 Å². The third-order valence-corrected chi connectivity index (χ3v) is 7.29. The van der Waals surface area contributed by atoms with E-state index in [4.69, 9.17) is 4.74 Å². The molecule has 1 atom stereocenters. The third-order valence-electron chi connectivity index (χ3n) is 7.29. The molecule has 0 aromatic heterocycles. The predicted molar refractivity (Wildman–Crippen MR) is 105 cm³/mol. The van der Waals surface area contributed by atoms with Crippen LogP contribution >= 0.6 is 0 Å². The Morgan fingerprint density at radius 3 is 2.43 bits per heavy atom. The van der Waals surface area contributed by atoms with Gasteiger partial charge in [0.2, 0.25) is 0 Å². The van der Waals surface area contributed by atoms with E-state index >= 15 is 0 Å². The van der Waals surface area contributed by atoms with Gasteiger partial charge in [-0.15, -0.1) is 0 Å². The maximum atomic E-state index is 12.3. The molecule has 7 nitrogen and oxygen atoms in total. The van der Waals surface area contributed by atoms with E-state index in [0.29, 0.717) is 12.1 Å². The quantitative estimate of drug-likeness (QED) is 0.700. The standard InChI is InChI=1S/C21H35N3O4/c1-27-19(25)13-22-20(26)23-11-7-17(8-12-23)24-14-18(28-15-16-5-6-16)21(24)9-3-2-4-10-21/h16-18H,2-15H2,1H3,(H,22,26). The summed E-state index contributed by atoms with van der Waals surface area (Å²) in [7, 11) is 1.33. The number of likely N-dealkylation sites (tertiary alicyclic amines) is 2. The molecule has 2 aliphatic heterocycles. The molecular formula is C21H35N3O4. The van der Waals surface area contributed by atoms with Crippen LogP contribution in [0.15, 0.2) is 0 Å². The second kappa shape index (κ2) is 8.57.